The summed E-state index contributed by atoms with van der Waals surface area (Å²) in [7, 11) is 0. The molecule has 0 amide bonds. The van der Waals surface area contributed by atoms with Gasteiger partial charge in [0.25, 0.3) is 5.69 Å². The van der Waals surface area contributed by atoms with E-state index in [1.807, 2.05) is 0 Å². The summed E-state index contributed by atoms with van der Waals surface area (Å²) in [6.45, 7) is 3.85. The molecule has 1 aliphatic rings. The van der Waals surface area contributed by atoms with Gasteiger partial charge in [0.15, 0.2) is 0 Å². The van der Waals surface area contributed by atoms with E-state index in [0.29, 0.717) is 0 Å². The zero-order chi connectivity index (χ0) is 11.0. The quantitative estimate of drug-likeness (QED) is 0.553. The Morgan fingerprint density at radius 3 is 2.93 bits per heavy atom. The van der Waals surface area contributed by atoms with Crippen molar-refractivity contribution in [1.29, 1.82) is 0 Å². The molecule has 0 radical (unpaired) electrons. The highest BCUT2D eigenvalue weighted by Crippen LogP contribution is 2.36. The third-order valence-electron chi connectivity index (χ3n) is 2.90. The second-order valence-corrected chi connectivity index (χ2v) is 3.80. The Labute approximate surface area is 88.0 Å². The van der Waals surface area contributed by atoms with Crippen molar-refractivity contribution in [2.24, 2.45) is 0 Å². The van der Waals surface area contributed by atoms with Crippen LogP contribution in [-0.2, 0) is 6.42 Å². The van der Waals surface area contributed by atoms with Crippen LogP contribution in [0.4, 0.5) is 5.69 Å². The molecule has 15 heavy (non-hydrogen) atoms. The number of nitrogens with zero attached hydrogens (tertiary/aromatic N) is 1. The first-order chi connectivity index (χ1) is 7.13. The van der Waals surface area contributed by atoms with Crippen molar-refractivity contribution in [3.8, 4) is 5.75 Å². The summed E-state index contributed by atoms with van der Waals surface area (Å²) in [5.74, 6) is 0.810. The first-order valence-electron chi connectivity index (χ1n) is 5.07. The van der Waals surface area contributed by atoms with Gasteiger partial charge in [0.05, 0.1) is 4.92 Å². The van der Waals surface area contributed by atoms with Gasteiger partial charge in [-0.25, -0.2) is 0 Å². The van der Waals surface area contributed by atoms with E-state index in [1.54, 1.807) is 13.0 Å². The lowest BCUT2D eigenvalue weighted by molar-refractivity contribution is -0.385. The summed E-state index contributed by atoms with van der Waals surface area (Å²) in [4.78, 5) is 10.4. The lowest BCUT2D eigenvalue weighted by Gasteiger charge is -2.05. The Morgan fingerprint density at radius 2 is 2.33 bits per heavy atom. The Kier molecular flexibility index (Phi) is 2.34. The van der Waals surface area contributed by atoms with Crippen LogP contribution in [0.5, 0.6) is 5.75 Å². The SMILES string of the molecule is CCC1Cc2c(ccc([N+](=O)[O-])c2C)O1. The van der Waals surface area contributed by atoms with Crippen LogP contribution in [0.3, 0.4) is 0 Å². The van der Waals surface area contributed by atoms with Gasteiger partial charge in [-0.1, -0.05) is 6.92 Å². The Balaban J connectivity index is 2.44. The first-order valence-corrected chi connectivity index (χ1v) is 5.07. The van der Waals surface area contributed by atoms with Crippen LogP contribution in [0.25, 0.3) is 0 Å². The van der Waals surface area contributed by atoms with E-state index in [2.05, 4.69) is 6.92 Å². The average Bonchev–Trinajstić information content (AvgIpc) is 2.61. The third kappa shape index (κ3) is 1.56. The van der Waals surface area contributed by atoms with Crippen molar-refractivity contribution in [2.45, 2.75) is 32.8 Å². The van der Waals surface area contributed by atoms with E-state index in [4.69, 9.17) is 4.74 Å². The van der Waals surface area contributed by atoms with Crippen LogP contribution in [0.15, 0.2) is 12.1 Å². The second kappa shape index (κ2) is 3.53. The maximum Gasteiger partial charge on any atom is 0.272 e. The van der Waals surface area contributed by atoms with Crippen LogP contribution in [0.2, 0.25) is 0 Å². The predicted octanol–water partition coefficient (Wildman–Crippen LogP) is 2.62. The maximum atomic E-state index is 10.7. The smallest absolute Gasteiger partial charge is 0.272 e. The molecule has 0 aromatic heterocycles. The molecule has 80 valence electrons. The topological polar surface area (TPSA) is 52.4 Å². The van der Waals surface area contributed by atoms with Crippen LogP contribution in [-0.4, -0.2) is 11.0 Å². The lowest BCUT2D eigenvalue weighted by atomic mass is 10.0. The van der Waals surface area contributed by atoms with E-state index in [0.717, 1.165) is 29.7 Å². The number of benzene rings is 1. The molecule has 0 spiro atoms. The molecule has 2 rings (SSSR count). The summed E-state index contributed by atoms with van der Waals surface area (Å²) in [5, 5.41) is 10.7. The molecule has 4 heteroatoms. The molecule has 1 aromatic rings. The van der Waals surface area contributed by atoms with Gasteiger partial charge in [-0.3, -0.25) is 10.1 Å². The summed E-state index contributed by atoms with van der Waals surface area (Å²) in [6, 6.07) is 3.22. The van der Waals surface area contributed by atoms with Crippen molar-refractivity contribution in [3.05, 3.63) is 33.4 Å². The van der Waals surface area contributed by atoms with Gasteiger partial charge in [-0.05, 0) is 19.4 Å². The molecular weight excluding hydrogens is 194 g/mol. The van der Waals surface area contributed by atoms with Gasteiger partial charge < -0.3 is 4.74 Å². The first kappa shape index (κ1) is 9.96. The normalized spacial score (nSPS) is 18.4. The number of hydrogen-bond acceptors (Lipinski definition) is 3. The van der Waals surface area contributed by atoms with Gasteiger partial charge in [0, 0.05) is 23.6 Å². The molecule has 1 heterocycles. The maximum absolute atomic E-state index is 10.7. The fourth-order valence-electron chi connectivity index (χ4n) is 1.96. The standard InChI is InChI=1S/C11H13NO3/c1-3-8-6-9-7(2)10(12(13)14)4-5-11(9)15-8/h4-5,8H,3,6H2,1-2H3. The van der Waals surface area contributed by atoms with Gasteiger partial charge in [-0.15, -0.1) is 0 Å². The van der Waals surface area contributed by atoms with E-state index in [-0.39, 0.29) is 16.7 Å². The van der Waals surface area contributed by atoms with E-state index in [9.17, 15) is 10.1 Å². The summed E-state index contributed by atoms with van der Waals surface area (Å²) in [5.41, 5.74) is 1.93. The fourth-order valence-corrected chi connectivity index (χ4v) is 1.96. The summed E-state index contributed by atoms with van der Waals surface area (Å²) in [6.07, 6.45) is 1.90. The predicted molar refractivity (Wildman–Crippen MR) is 56.2 cm³/mol. The van der Waals surface area contributed by atoms with Crippen molar-refractivity contribution in [3.63, 3.8) is 0 Å². The largest absolute Gasteiger partial charge is 0.490 e. The van der Waals surface area contributed by atoms with Crippen molar-refractivity contribution < 1.29 is 9.66 Å². The second-order valence-electron chi connectivity index (χ2n) is 3.80. The van der Waals surface area contributed by atoms with E-state index < -0.39 is 0 Å². The number of ether oxygens (including phenoxy) is 1. The number of rotatable bonds is 2. The Hall–Kier alpha value is -1.58. The molecule has 1 aliphatic heterocycles. The van der Waals surface area contributed by atoms with Crippen molar-refractivity contribution >= 4 is 5.69 Å². The highest BCUT2D eigenvalue weighted by molar-refractivity contribution is 5.53. The van der Waals surface area contributed by atoms with Crippen LogP contribution >= 0.6 is 0 Å². The molecule has 0 bridgehead atoms. The molecule has 1 atom stereocenters. The minimum absolute atomic E-state index is 0.181. The minimum atomic E-state index is -0.338. The van der Waals surface area contributed by atoms with Crippen molar-refractivity contribution in [2.75, 3.05) is 0 Å². The monoisotopic (exact) mass is 207 g/mol. The van der Waals surface area contributed by atoms with Gasteiger partial charge >= 0.3 is 0 Å². The molecular formula is C11H13NO3. The lowest BCUT2D eigenvalue weighted by Crippen LogP contribution is -2.10. The molecule has 4 nitrogen and oxygen atoms in total. The number of nitro benzene ring substituents is 1. The zero-order valence-corrected chi connectivity index (χ0v) is 8.82. The highest BCUT2D eigenvalue weighted by atomic mass is 16.6. The molecule has 0 saturated heterocycles. The minimum Gasteiger partial charge on any atom is -0.490 e. The van der Waals surface area contributed by atoms with Crippen LogP contribution in [0.1, 0.15) is 24.5 Å². The number of fused-ring (bicyclic) bond motifs is 1. The molecule has 1 aromatic carbocycles. The summed E-state index contributed by atoms with van der Waals surface area (Å²) >= 11 is 0. The number of nitro groups is 1. The molecule has 0 N–H and O–H groups in total. The van der Waals surface area contributed by atoms with Crippen LogP contribution in [0, 0.1) is 17.0 Å². The fraction of sp³-hybridized carbons (Fsp3) is 0.455. The van der Waals surface area contributed by atoms with Gasteiger partial charge in [0.2, 0.25) is 0 Å². The summed E-state index contributed by atoms with van der Waals surface area (Å²) < 4.78 is 5.65. The molecule has 1 unspecified atom stereocenters. The van der Waals surface area contributed by atoms with E-state index >= 15 is 0 Å². The molecule has 0 saturated carbocycles. The van der Waals surface area contributed by atoms with E-state index in [1.165, 1.54) is 6.07 Å². The number of hydrogen-bond donors (Lipinski definition) is 0. The third-order valence-corrected chi connectivity index (χ3v) is 2.90. The molecule has 0 aliphatic carbocycles. The average molecular weight is 207 g/mol. The zero-order valence-electron chi connectivity index (χ0n) is 8.82. The Bertz CT molecular complexity index is 415. The Morgan fingerprint density at radius 1 is 1.60 bits per heavy atom. The van der Waals surface area contributed by atoms with Gasteiger partial charge in [-0.2, -0.15) is 0 Å². The van der Waals surface area contributed by atoms with Crippen molar-refractivity contribution in [1.82, 2.24) is 0 Å². The highest BCUT2D eigenvalue weighted by Gasteiger charge is 2.26. The van der Waals surface area contributed by atoms with Crippen LogP contribution < -0.4 is 4.74 Å². The molecule has 0 fully saturated rings. The van der Waals surface area contributed by atoms with Gasteiger partial charge in [0.1, 0.15) is 11.9 Å².